The van der Waals surface area contributed by atoms with Gasteiger partial charge in [0.15, 0.2) is 0 Å². The molecule has 0 spiro atoms. The largest absolute Gasteiger partial charge is 0.488 e. The summed E-state index contributed by atoms with van der Waals surface area (Å²) in [5.41, 5.74) is 5.22. The van der Waals surface area contributed by atoms with Crippen molar-refractivity contribution in [1.82, 2.24) is 0 Å². The number of fused-ring (bicyclic) bond motifs is 4. The van der Waals surface area contributed by atoms with Gasteiger partial charge in [0, 0.05) is 11.1 Å². The fraction of sp³-hybridized carbons (Fsp3) is 0.111. The molecule has 0 aliphatic carbocycles. The maximum absolute atomic E-state index is 10.8. The van der Waals surface area contributed by atoms with Gasteiger partial charge >= 0.3 is 0 Å². The normalized spacial score (nSPS) is 16.9. The topological polar surface area (TPSA) is 58.9 Å². The second kappa shape index (κ2) is 10.2. The fourth-order valence-corrected chi connectivity index (χ4v) is 5.57. The highest BCUT2D eigenvalue weighted by atomic mass is 16.5. The molecule has 4 bridgehead atoms. The average molecular weight is 525 g/mol. The lowest BCUT2D eigenvalue weighted by atomic mass is 9.92. The molecule has 6 aromatic carbocycles. The van der Waals surface area contributed by atoms with Crippen molar-refractivity contribution in [3.8, 4) is 22.6 Å². The second-order valence-electron chi connectivity index (χ2n) is 10.3. The minimum Gasteiger partial charge on any atom is -0.488 e. The molecular formula is C36H28O4. The van der Waals surface area contributed by atoms with E-state index in [0.717, 1.165) is 55.3 Å². The van der Waals surface area contributed by atoms with E-state index in [1.165, 1.54) is 0 Å². The summed E-state index contributed by atoms with van der Waals surface area (Å²) >= 11 is 0. The van der Waals surface area contributed by atoms with Crippen molar-refractivity contribution in [2.45, 2.75) is 25.4 Å². The summed E-state index contributed by atoms with van der Waals surface area (Å²) in [5.74, 6) is 1.54. The van der Waals surface area contributed by atoms with Gasteiger partial charge < -0.3 is 19.7 Å². The van der Waals surface area contributed by atoms with Gasteiger partial charge in [-0.1, -0.05) is 109 Å². The molecule has 4 nitrogen and oxygen atoms in total. The molecule has 6 aromatic rings. The lowest BCUT2D eigenvalue weighted by Gasteiger charge is -2.21. The summed E-state index contributed by atoms with van der Waals surface area (Å²) in [7, 11) is 0. The van der Waals surface area contributed by atoms with Gasteiger partial charge in [-0.15, -0.1) is 0 Å². The van der Waals surface area contributed by atoms with E-state index in [4.69, 9.17) is 9.47 Å². The van der Waals surface area contributed by atoms with Crippen LogP contribution >= 0.6 is 0 Å². The van der Waals surface area contributed by atoms with E-state index < -0.39 is 12.2 Å². The lowest BCUT2D eigenvalue weighted by molar-refractivity contribution is 0.0172. The van der Waals surface area contributed by atoms with E-state index in [-0.39, 0.29) is 0 Å². The number of aliphatic hydroxyl groups is 2. The third-order valence-electron chi connectivity index (χ3n) is 7.76. The minimum atomic E-state index is -1.04. The molecule has 0 saturated carbocycles. The summed E-state index contributed by atoms with van der Waals surface area (Å²) in [6.07, 6.45) is -2.08. The van der Waals surface area contributed by atoms with Gasteiger partial charge in [-0.3, -0.25) is 0 Å². The van der Waals surface area contributed by atoms with Crippen molar-refractivity contribution in [2.75, 3.05) is 0 Å². The molecule has 40 heavy (non-hydrogen) atoms. The molecule has 2 atom stereocenters. The van der Waals surface area contributed by atoms with Crippen molar-refractivity contribution < 1.29 is 19.7 Å². The van der Waals surface area contributed by atoms with Crippen LogP contribution in [0.15, 0.2) is 121 Å². The van der Waals surface area contributed by atoms with Crippen LogP contribution < -0.4 is 9.47 Å². The van der Waals surface area contributed by atoms with Crippen LogP contribution in [0.25, 0.3) is 32.7 Å². The Morgan fingerprint density at radius 1 is 0.450 bits per heavy atom. The third kappa shape index (κ3) is 4.37. The quantitative estimate of drug-likeness (QED) is 0.212. The van der Waals surface area contributed by atoms with Crippen LogP contribution in [0.5, 0.6) is 11.5 Å². The Kier molecular flexibility index (Phi) is 6.20. The summed E-state index contributed by atoms with van der Waals surface area (Å²) in [5, 5.41) is 26.1. The predicted molar refractivity (Wildman–Crippen MR) is 158 cm³/mol. The Bertz CT molecular complexity index is 1690. The first-order chi connectivity index (χ1) is 19.7. The number of hydrogen-bond acceptors (Lipinski definition) is 4. The third-order valence-corrected chi connectivity index (χ3v) is 7.76. The summed E-state index contributed by atoms with van der Waals surface area (Å²) in [4.78, 5) is 0. The van der Waals surface area contributed by atoms with E-state index in [0.29, 0.717) is 24.3 Å². The molecule has 4 heteroatoms. The molecule has 2 unspecified atom stereocenters. The molecule has 0 fully saturated rings. The molecule has 9 rings (SSSR count). The standard InChI is InChI=1S/C36H28O4/c37-35-27-13-9-23(10-14-27)21-39-31-19-17-25-5-1-3-7-29(25)33(31)34-30-8-4-2-6-26(30)18-20-32(34)40-22-24-11-15-28(16-12-24)36(35)38/h1-20,35-38H,21-22H2. The van der Waals surface area contributed by atoms with Crippen molar-refractivity contribution in [3.05, 3.63) is 144 Å². The van der Waals surface area contributed by atoms with Gasteiger partial charge in [0.1, 0.15) is 36.9 Å². The molecule has 196 valence electrons. The molecule has 0 radical (unpaired) electrons. The van der Waals surface area contributed by atoms with E-state index in [1.807, 2.05) is 72.8 Å². The van der Waals surface area contributed by atoms with Gasteiger partial charge in [-0.25, -0.2) is 0 Å². The van der Waals surface area contributed by atoms with Gasteiger partial charge in [0.2, 0.25) is 0 Å². The Morgan fingerprint density at radius 3 is 1.27 bits per heavy atom. The van der Waals surface area contributed by atoms with Crippen LogP contribution in [0.1, 0.15) is 34.5 Å². The summed E-state index contributed by atoms with van der Waals surface area (Å²) in [6, 6.07) is 40.1. The zero-order valence-corrected chi connectivity index (χ0v) is 21.8. The van der Waals surface area contributed by atoms with Crippen LogP contribution in [0.2, 0.25) is 0 Å². The van der Waals surface area contributed by atoms with E-state index in [1.54, 1.807) is 0 Å². The molecule has 3 aliphatic rings. The van der Waals surface area contributed by atoms with Crippen molar-refractivity contribution >= 4 is 21.5 Å². The Labute approximate surface area is 232 Å². The predicted octanol–water partition coefficient (Wildman–Crippen LogP) is 7.90. The molecule has 0 amide bonds. The number of hydrogen-bond donors (Lipinski definition) is 2. The van der Waals surface area contributed by atoms with E-state index >= 15 is 0 Å². The first kappa shape index (κ1) is 24.4. The molecule has 3 aliphatic heterocycles. The lowest BCUT2D eigenvalue weighted by Crippen LogP contribution is -2.11. The van der Waals surface area contributed by atoms with Gasteiger partial charge in [0.25, 0.3) is 0 Å². The van der Waals surface area contributed by atoms with Gasteiger partial charge in [-0.05, 0) is 55.9 Å². The van der Waals surface area contributed by atoms with Crippen molar-refractivity contribution in [1.29, 1.82) is 0 Å². The Hall–Kier alpha value is -4.64. The highest BCUT2D eigenvalue weighted by Crippen LogP contribution is 2.46. The van der Waals surface area contributed by atoms with E-state index in [9.17, 15) is 10.2 Å². The molecule has 2 N–H and O–H groups in total. The minimum absolute atomic E-state index is 0.353. The van der Waals surface area contributed by atoms with Crippen LogP contribution in [0.4, 0.5) is 0 Å². The van der Waals surface area contributed by atoms with E-state index in [2.05, 4.69) is 48.5 Å². The Morgan fingerprint density at radius 2 is 0.850 bits per heavy atom. The SMILES string of the molecule is OC1c2ccc(cc2)COc2ccc3ccccc3c2-c2c(ccc3ccccc23)OCc2ccc(cc2)C1O. The average Bonchev–Trinajstić information content (AvgIpc) is 3.02. The van der Waals surface area contributed by atoms with Crippen LogP contribution in [0.3, 0.4) is 0 Å². The number of rotatable bonds is 0. The maximum atomic E-state index is 10.8. The first-order valence-electron chi connectivity index (χ1n) is 13.5. The van der Waals surface area contributed by atoms with Crippen LogP contribution in [-0.2, 0) is 13.2 Å². The summed E-state index contributed by atoms with van der Waals surface area (Å²) in [6.45, 7) is 0.706. The van der Waals surface area contributed by atoms with Crippen LogP contribution in [-0.4, -0.2) is 10.2 Å². The molecule has 0 saturated heterocycles. The number of ether oxygens (including phenoxy) is 2. The highest BCUT2D eigenvalue weighted by molar-refractivity contribution is 6.09. The molecular weight excluding hydrogens is 496 g/mol. The van der Waals surface area contributed by atoms with Crippen molar-refractivity contribution in [3.63, 3.8) is 0 Å². The molecule has 0 aromatic heterocycles. The molecule has 3 heterocycles. The van der Waals surface area contributed by atoms with Gasteiger partial charge in [-0.2, -0.15) is 0 Å². The summed E-state index contributed by atoms with van der Waals surface area (Å²) < 4.78 is 13.0. The van der Waals surface area contributed by atoms with Crippen LogP contribution in [0, 0.1) is 0 Å². The zero-order chi connectivity index (χ0) is 27.1. The smallest absolute Gasteiger partial charge is 0.128 e. The fourth-order valence-electron chi connectivity index (χ4n) is 5.57. The highest BCUT2D eigenvalue weighted by Gasteiger charge is 2.22. The Balaban J connectivity index is 1.46. The maximum Gasteiger partial charge on any atom is 0.128 e. The monoisotopic (exact) mass is 524 g/mol. The first-order valence-corrected chi connectivity index (χ1v) is 13.5. The number of aliphatic hydroxyl groups excluding tert-OH is 2. The van der Waals surface area contributed by atoms with Crippen molar-refractivity contribution in [2.24, 2.45) is 0 Å². The van der Waals surface area contributed by atoms with Gasteiger partial charge in [0.05, 0.1) is 0 Å². The zero-order valence-electron chi connectivity index (χ0n) is 21.8. The number of benzene rings is 6. The second-order valence-corrected chi connectivity index (χ2v) is 10.3.